The number of benzene rings is 3. The highest BCUT2D eigenvalue weighted by Crippen LogP contribution is 2.34. The van der Waals surface area contributed by atoms with Gasteiger partial charge in [0, 0.05) is 55.7 Å². The normalized spacial score (nSPS) is 15.5. The van der Waals surface area contributed by atoms with Crippen LogP contribution >= 0.6 is 0 Å². The monoisotopic (exact) mass is 511 g/mol. The van der Waals surface area contributed by atoms with E-state index in [1.165, 1.54) is 5.69 Å². The van der Waals surface area contributed by atoms with E-state index in [1.807, 2.05) is 60.9 Å². The van der Waals surface area contributed by atoms with Crippen LogP contribution < -0.4 is 19.7 Å². The third-order valence-corrected chi connectivity index (χ3v) is 7.30. The Balaban J connectivity index is 0.956. The fourth-order valence-electron chi connectivity index (χ4n) is 5.19. The predicted octanol–water partition coefficient (Wildman–Crippen LogP) is 4.66. The van der Waals surface area contributed by atoms with Gasteiger partial charge in [0.2, 0.25) is 0 Å². The quantitative estimate of drug-likeness (QED) is 0.347. The number of aryl methyl sites for hydroxylation is 1. The van der Waals surface area contributed by atoms with E-state index in [0.717, 1.165) is 80.3 Å². The molecule has 0 bridgehead atoms. The lowest BCUT2D eigenvalue weighted by molar-refractivity contribution is 0.102. The van der Waals surface area contributed by atoms with Crippen molar-refractivity contribution in [2.75, 3.05) is 56.2 Å². The molecular weight excluding hydrogens is 478 g/mol. The van der Waals surface area contributed by atoms with Crippen LogP contribution in [0.4, 0.5) is 11.4 Å². The van der Waals surface area contributed by atoms with E-state index < -0.39 is 0 Å². The molecule has 196 valence electrons. The molecule has 2 aliphatic rings. The second kappa shape index (κ2) is 11.1. The fourth-order valence-corrected chi connectivity index (χ4v) is 5.19. The minimum atomic E-state index is -0.114. The van der Waals surface area contributed by atoms with Crippen LogP contribution in [0.2, 0.25) is 0 Å². The van der Waals surface area contributed by atoms with Gasteiger partial charge in [-0.25, -0.2) is 4.98 Å². The molecule has 6 rings (SSSR count). The second-order valence-electron chi connectivity index (χ2n) is 9.83. The van der Waals surface area contributed by atoms with Crippen molar-refractivity contribution < 1.29 is 14.3 Å². The number of unbranched alkanes of at least 4 members (excludes halogenated alkanes) is 1. The number of imidazole rings is 1. The lowest BCUT2D eigenvalue weighted by Gasteiger charge is -2.36. The van der Waals surface area contributed by atoms with Gasteiger partial charge in [-0.05, 0) is 61.9 Å². The van der Waals surface area contributed by atoms with Gasteiger partial charge >= 0.3 is 0 Å². The molecule has 4 aromatic rings. The van der Waals surface area contributed by atoms with Gasteiger partial charge in [0.05, 0.1) is 17.4 Å². The van der Waals surface area contributed by atoms with Crippen molar-refractivity contribution in [3.05, 3.63) is 78.6 Å². The molecule has 1 fully saturated rings. The van der Waals surface area contributed by atoms with E-state index in [2.05, 4.69) is 36.8 Å². The average Bonchev–Trinajstić information content (AvgIpc) is 3.38. The summed E-state index contributed by atoms with van der Waals surface area (Å²) in [6.07, 6.45) is 4.15. The molecule has 0 radical (unpaired) electrons. The number of amides is 1. The molecule has 1 aromatic heterocycles. The number of aromatic nitrogens is 2. The lowest BCUT2D eigenvalue weighted by Crippen LogP contribution is -2.46. The number of hydrogen-bond donors (Lipinski definition) is 1. The third kappa shape index (κ3) is 5.45. The SMILES string of the molecule is O=C(Nc1ccc2c(c1)ncn2CCCCN1CCN(c2ccc3c(c2)OCCO3)CC1)c1ccccc1. The summed E-state index contributed by atoms with van der Waals surface area (Å²) in [5.41, 5.74) is 4.60. The molecule has 2 aliphatic heterocycles. The molecule has 0 spiro atoms. The Hall–Kier alpha value is -4.04. The summed E-state index contributed by atoms with van der Waals surface area (Å²) >= 11 is 0. The van der Waals surface area contributed by atoms with Gasteiger partial charge in [0.15, 0.2) is 11.5 Å². The Morgan fingerprint density at radius 3 is 2.47 bits per heavy atom. The molecule has 8 heteroatoms. The van der Waals surface area contributed by atoms with E-state index in [9.17, 15) is 4.79 Å². The van der Waals surface area contributed by atoms with E-state index in [1.54, 1.807) is 0 Å². The Bertz CT molecular complexity index is 1400. The summed E-state index contributed by atoms with van der Waals surface area (Å²) in [5, 5.41) is 2.97. The standard InChI is InChI=1S/C30H33N5O3/c36-30(23-6-2-1-3-7-23)32-24-8-10-27-26(20-24)31-22-35(27)13-5-4-12-33-14-16-34(17-15-33)25-9-11-28-29(21-25)38-19-18-37-28/h1-3,6-11,20-22H,4-5,12-19H2,(H,32,36). The summed E-state index contributed by atoms with van der Waals surface area (Å²) in [5.74, 6) is 1.59. The van der Waals surface area contributed by atoms with Crippen molar-refractivity contribution in [2.45, 2.75) is 19.4 Å². The number of rotatable bonds is 8. The highest BCUT2D eigenvalue weighted by atomic mass is 16.6. The summed E-state index contributed by atoms with van der Waals surface area (Å²) in [6, 6.07) is 21.4. The van der Waals surface area contributed by atoms with E-state index in [4.69, 9.17) is 9.47 Å². The minimum Gasteiger partial charge on any atom is -0.486 e. The topological polar surface area (TPSA) is 71.9 Å². The van der Waals surface area contributed by atoms with Gasteiger partial charge in [0.25, 0.3) is 5.91 Å². The molecule has 1 N–H and O–H groups in total. The van der Waals surface area contributed by atoms with Crippen molar-refractivity contribution in [3.63, 3.8) is 0 Å². The molecule has 0 saturated carbocycles. The first-order valence-electron chi connectivity index (χ1n) is 13.4. The molecule has 0 atom stereocenters. The van der Waals surface area contributed by atoms with Gasteiger partial charge in [-0.15, -0.1) is 0 Å². The molecular formula is C30H33N5O3. The van der Waals surface area contributed by atoms with Crippen LogP contribution in [0.3, 0.4) is 0 Å². The number of fused-ring (bicyclic) bond motifs is 2. The van der Waals surface area contributed by atoms with Crippen LogP contribution in [-0.4, -0.2) is 66.3 Å². The zero-order valence-corrected chi connectivity index (χ0v) is 21.5. The van der Waals surface area contributed by atoms with Crippen molar-refractivity contribution >= 4 is 28.3 Å². The van der Waals surface area contributed by atoms with Crippen molar-refractivity contribution in [1.82, 2.24) is 14.5 Å². The number of piperazine rings is 1. The fraction of sp³-hybridized carbons (Fsp3) is 0.333. The molecule has 1 amide bonds. The first kappa shape index (κ1) is 24.3. The van der Waals surface area contributed by atoms with Crippen LogP contribution in [0.1, 0.15) is 23.2 Å². The highest BCUT2D eigenvalue weighted by Gasteiger charge is 2.19. The van der Waals surface area contributed by atoms with E-state index in [-0.39, 0.29) is 5.91 Å². The summed E-state index contributed by atoms with van der Waals surface area (Å²) in [6.45, 7) is 7.47. The summed E-state index contributed by atoms with van der Waals surface area (Å²) in [7, 11) is 0. The smallest absolute Gasteiger partial charge is 0.255 e. The Morgan fingerprint density at radius 1 is 0.842 bits per heavy atom. The van der Waals surface area contributed by atoms with Gasteiger partial charge < -0.3 is 24.3 Å². The number of carbonyl (C=O) groups excluding carboxylic acids is 1. The van der Waals surface area contributed by atoms with Crippen LogP contribution in [-0.2, 0) is 6.54 Å². The Kier molecular flexibility index (Phi) is 7.13. The first-order chi connectivity index (χ1) is 18.7. The number of nitrogens with one attached hydrogen (secondary N) is 1. The van der Waals surface area contributed by atoms with Crippen LogP contribution in [0.25, 0.3) is 11.0 Å². The van der Waals surface area contributed by atoms with E-state index in [0.29, 0.717) is 18.8 Å². The maximum atomic E-state index is 12.4. The Morgan fingerprint density at radius 2 is 1.63 bits per heavy atom. The highest BCUT2D eigenvalue weighted by molar-refractivity contribution is 6.04. The maximum absolute atomic E-state index is 12.4. The number of hydrogen-bond acceptors (Lipinski definition) is 6. The molecule has 8 nitrogen and oxygen atoms in total. The van der Waals surface area contributed by atoms with Gasteiger partial charge in [-0.1, -0.05) is 18.2 Å². The summed E-state index contributed by atoms with van der Waals surface area (Å²) < 4.78 is 13.6. The van der Waals surface area contributed by atoms with E-state index >= 15 is 0 Å². The molecule has 0 unspecified atom stereocenters. The molecule has 3 aromatic carbocycles. The predicted molar refractivity (Wildman–Crippen MR) is 149 cm³/mol. The van der Waals surface area contributed by atoms with Crippen molar-refractivity contribution in [3.8, 4) is 11.5 Å². The molecule has 0 aliphatic carbocycles. The lowest BCUT2D eigenvalue weighted by atomic mass is 10.2. The van der Waals surface area contributed by atoms with Crippen LogP contribution in [0, 0.1) is 0 Å². The number of ether oxygens (including phenoxy) is 2. The summed E-state index contributed by atoms with van der Waals surface area (Å²) in [4.78, 5) is 22.0. The van der Waals surface area contributed by atoms with Crippen molar-refractivity contribution in [1.29, 1.82) is 0 Å². The van der Waals surface area contributed by atoms with Crippen LogP contribution in [0.5, 0.6) is 11.5 Å². The average molecular weight is 512 g/mol. The van der Waals surface area contributed by atoms with Gasteiger partial charge in [-0.2, -0.15) is 0 Å². The zero-order valence-electron chi connectivity index (χ0n) is 21.5. The molecule has 3 heterocycles. The number of carbonyl (C=O) groups is 1. The van der Waals surface area contributed by atoms with Crippen molar-refractivity contribution in [2.24, 2.45) is 0 Å². The second-order valence-corrected chi connectivity index (χ2v) is 9.83. The van der Waals surface area contributed by atoms with Gasteiger partial charge in [-0.3, -0.25) is 9.69 Å². The largest absolute Gasteiger partial charge is 0.486 e. The van der Waals surface area contributed by atoms with Gasteiger partial charge in [0.1, 0.15) is 13.2 Å². The number of nitrogens with zero attached hydrogens (tertiary/aromatic N) is 4. The first-order valence-corrected chi connectivity index (χ1v) is 13.4. The van der Waals surface area contributed by atoms with Crippen LogP contribution in [0.15, 0.2) is 73.1 Å². The molecule has 38 heavy (non-hydrogen) atoms. The Labute approximate surface area is 222 Å². The maximum Gasteiger partial charge on any atom is 0.255 e. The molecule has 1 saturated heterocycles. The third-order valence-electron chi connectivity index (χ3n) is 7.30. The number of anilines is 2. The zero-order chi connectivity index (χ0) is 25.7. The minimum absolute atomic E-state index is 0.114.